The van der Waals surface area contributed by atoms with Gasteiger partial charge >= 0.3 is 0 Å². The summed E-state index contributed by atoms with van der Waals surface area (Å²) in [4.78, 5) is 34.3. The molecule has 8 heteroatoms. The zero-order valence-corrected chi connectivity index (χ0v) is 21.4. The second kappa shape index (κ2) is 11.6. The Morgan fingerprint density at radius 2 is 1.84 bits per heavy atom. The fourth-order valence-corrected chi connectivity index (χ4v) is 4.90. The predicted octanol–water partition coefficient (Wildman–Crippen LogP) is 3.72. The molecule has 8 nitrogen and oxygen atoms in total. The van der Waals surface area contributed by atoms with E-state index in [0.29, 0.717) is 49.8 Å². The second-order valence-corrected chi connectivity index (χ2v) is 9.53. The summed E-state index contributed by atoms with van der Waals surface area (Å²) in [6, 6.07) is 17.8. The number of aromatic nitrogens is 1. The number of amides is 1. The molecule has 3 aromatic rings. The van der Waals surface area contributed by atoms with Crippen molar-refractivity contribution in [2.45, 2.75) is 19.6 Å². The van der Waals surface area contributed by atoms with E-state index in [-0.39, 0.29) is 11.3 Å². The first-order valence-electron chi connectivity index (χ1n) is 12.8. The molecule has 5 rings (SSSR count). The van der Waals surface area contributed by atoms with Gasteiger partial charge in [0.15, 0.2) is 0 Å². The summed E-state index contributed by atoms with van der Waals surface area (Å²) in [6.45, 7) is 6.27. The minimum Gasteiger partial charge on any atom is -0.507 e. The van der Waals surface area contributed by atoms with Gasteiger partial charge in [-0.15, -0.1) is 0 Å². The Morgan fingerprint density at radius 3 is 2.55 bits per heavy atom. The van der Waals surface area contributed by atoms with E-state index < -0.39 is 17.7 Å². The first-order chi connectivity index (χ1) is 18.5. The maximum atomic E-state index is 13.2. The molecule has 2 aliphatic rings. The Balaban J connectivity index is 1.39. The van der Waals surface area contributed by atoms with Crippen LogP contribution in [0.1, 0.15) is 28.3 Å². The van der Waals surface area contributed by atoms with E-state index in [1.807, 2.05) is 31.2 Å². The lowest BCUT2D eigenvalue weighted by Gasteiger charge is -2.30. The van der Waals surface area contributed by atoms with Crippen molar-refractivity contribution in [3.8, 4) is 5.75 Å². The van der Waals surface area contributed by atoms with Crippen LogP contribution in [0.2, 0.25) is 0 Å². The normalized spacial score (nSPS) is 19.6. The lowest BCUT2D eigenvalue weighted by Crippen LogP contribution is -2.42. The highest BCUT2D eigenvalue weighted by Crippen LogP contribution is 2.39. The van der Waals surface area contributed by atoms with Gasteiger partial charge in [-0.1, -0.05) is 35.9 Å². The summed E-state index contributed by atoms with van der Waals surface area (Å²) >= 11 is 0. The van der Waals surface area contributed by atoms with Crippen LogP contribution in [-0.2, 0) is 20.9 Å². The summed E-state index contributed by atoms with van der Waals surface area (Å²) in [5.41, 5.74) is 3.40. The number of aliphatic hydroxyl groups excluding tert-OH is 1. The molecule has 0 spiro atoms. The SMILES string of the molecule is Cc1cccc(COc2ccc(/C(O)=C3\C(=O)C(=O)N(CCN4CCOCC4)[C@H]3c3cccnc3)cc2)c1. The van der Waals surface area contributed by atoms with Crippen LogP contribution in [0.3, 0.4) is 0 Å². The largest absolute Gasteiger partial charge is 0.507 e. The molecule has 0 bridgehead atoms. The number of ether oxygens (including phenoxy) is 2. The molecule has 3 heterocycles. The average Bonchev–Trinajstić information content (AvgIpc) is 3.21. The smallest absolute Gasteiger partial charge is 0.295 e. The third-order valence-electron chi connectivity index (χ3n) is 6.92. The molecular formula is C30H31N3O5. The van der Waals surface area contributed by atoms with Crippen LogP contribution in [0.5, 0.6) is 5.75 Å². The lowest BCUT2D eigenvalue weighted by atomic mass is 9.96. The van der Waals surface area contributed by atoms with Crippen molar-refractivity contribution in [1.82, 2.24) is 14.8 Å². The molecule has 1 atom stereocenters. The molecule has 1 amide bonds. The summed E-state index contributed by atoms with van der Waals surface area (Å²) < 4.78 is 11.3. The Hall–Kier alpha value is -4.01. The first kappa shape index (κ1) is 25.6. The molecule has 0 radical (unpaired) electrons. The molecule has 0 unspecified atom stereocenters. The van der Waals surface area contributed by atoms with Crippen molar-refractivity contribution >= 4 is 17.4 Å². The summed E-state index contributed by atoms with van der Waals surface area (Å²) in [5, 5.41) is 11.3. The molecule has 38 heavy (non-hydrogen) atoms. The van der Waals surface area contributed by atoms with Gasteiger partial charge in [0.1, 0.15) is 18.1 Å². The van der Waals surface area contributed by atoms with Gasteiger partial charge in [0.05, 0.1) is 24.8 Å². The zero-order chi connectivity index (χ0) is 26.5. The Kier molecular flexibility index (Phi) is 7.81. The average molecular weight is 514 g/mol. The Morgan fingerprint density at radius 1 is 1.05 bits per heavy atom. The number of hydrogen-bond donors (Lipinski definition) is 1. The van der Waals surface area contributed by atoms with Crippen molar-refractivity contribution in [3.05, 3.63) is 101 Å². The molecule has 1 N–H and O–H groups in total. The summed E-state index contributed by atoms with van der Waals surface area (Å²) in [6.07, 6.45) is 3.27. The maximum Gasteiger partial charge on any atom is 0.295 e. The fourth-order valence-electron chi connectivity index (χ4n) is 4.90. The van der Waals surface area contributed by atoms with Crippen LogP contribution < -0.4 is 4.74 Å². The van der Waals surface area contributed by atoms with E-state index in [1.165, 1.54) is 0 Å². The van der Waals surface area contributed by atoms with E-state index in [9.17, 15) is 14.7 Å². The molecule has 2 aromatic carbocycles. The van der Waals surface area contributed by atoms with Crippen LogP contribution in [0.25, 0.3) is 5.76 Å². The summed E-state index contributed by atoms with van der Waals surface area (Å²) in [5.74, 6) is -0.890. The van der Waals surface area contributed by atoms with Crippen LogP contribution in [0, 0.1) is 6.92 Å². The molecule has 2 fully saturated rings. The molecule has 2 saturated heterocycles. The molecule has 0 saturated carbocycles. The van der Waals surface area contributed by atoms with E-state index in [0.717, 1.165) is 24.2 Å². The van der Waals surface area contributed by atoms with Gasteiger partial charge in [-0.05, 0) is 48.4 Å². The van der Waals surface area contributed by atoms with E-state index in [4.69, 9.17) is 9.47 Å². The standard InChI is InChI=1S/C30H31N3O5/c1-21-4-2-5-22(18-21)20-38-25-9-7-23(8-10-25)28(34)26-27(24-6-3-11-31-19-24)33(30(36)29(26)35)13-12-32-14-16-37-17-15-32/h2-11,18-19,27,34H,12-17,20H2,1H3/b28-26+/t27-/m0/s1. The molecule has 2 aliphatic heterocycles. The number of nitrogens with zero attached hydrogens (tertiary/aromatic N) is 3. The number of morpholine rings is 1. The number of Topliss-reactive ketones (excluding diaryl/α,β-unsaturated/α-hetero) is 1. The number of hydrogen-bond acceptors (Lipinski definition) is 7. The number of rotatable bonds is 8. The molecule has 0 aliphatic carbocycles. The topological polar surface area (TPSA) is 92.2 Å². The van der Waals surface area contributed by atoms with Crippen molar-refractivity contribution < 1.29 is 24.2 Å². The number of pyridine rings is 1. The first-order valence-corrected chi connectivity index (χ1v) is 12.8. The Labute approximate surface area is 222 Å². The minimum absolute atomic E-state index is 0.0680. The second-order valence-electron chi connectivity index (χ2n) is 9.53. The van der Waals surface area contributed by atoms with Gasteiger partial charge in [0, 0.05) is 44.1 Å². The van der Waals surface area contributed by atoms with Crippen LogP contribution in [0.4, 0.5) is 0 Å². The van der Waals surface area contributed by atoms with E-state index >= 15 is 0 Å². The number of carbonyl (C=O) groups is 2. The van der Waals surface area contributed by atoms with Gasteiger partial charge < -0.3 is 19.5 Å². The van der Waals surface area contributed by atoms with Gasteiger partial charge in [0.25, 0.3) is 11.7 Å². The number of benzene rings is 2. The van der Waals surface area contributed by atoms with Crippen molar-refractivity contribution in [1.29, 1.82) is 0 Å². The van der Waals surface area contributed by atoms with Crippen molar-refractivity contribution in [2.24, 2.45) is 0 Å². The number of carbonyl (C=O) groups excluding carboxylic acids is 2. The van der Waals surface area contributed by atoms with E-state index in [1.54, 1.807) is 47.6 Å². The zero-order valence-electron chi connectivity index (χ0n) is 21.4. The number of ketones is 1. The monoisotopic (exact) mass is 513 g/mol. The highest BCUT2D eigenvalue weighted by molar-refractivity contribution is 6.46. The number of aliphatic hydroxyl groups is 1. The third kappa shape index (κ3) is 5.61. The quantitative estimate of drug-likeness (QED) is 0.279. The third-order valence-corrected chi connectivity index (χ3v) is 6.92. The number of aryl methyl sites for hydroxylation is 1. The van der Waals surface area contributed by atoms with Crippen LogP contribution in [0.15, 0.2) is 78.6 Å². The predicted molar refractivity (Wildman–Crippen MR) is 142 cm³/mol. The highest BCUT2D eigenvalue weighted by Gasteiger charge is 2.46. The highest BCUT2D eigenvalue weighted by atomic mass is 16.5. The molecule has 1 aromatic heterocycles. The van der Waals surface area contributed by atoms with Crippen molar-refractivity contribution in [2.75, 3.05) is 39.4 Å². The fraction of sp³-hybridized carbons (Fsp3) is 0.300. The van der Waals surface area contributed by atoms with Gasteiger partial charge in [-0.2, -0.15) is 0 Å². The number of likely N-dealkylation sites (tertiary alicyclic amines) is 1. The Bertz CT molecular complexity index is 1320. The molecular weight excluding hydrogens is 482 g/mol. The van der Waals surface area contributed by atoms with Crippen LogP contribution in [-0.4, -0.2) is 71.0 Å². The van der Waals surface area contributed by atoms with Gasteiger partial charge in [0.2, 0.25) is 0 Å². The van der Waals surface area contributed by atoms with E-state index in [2.05, 4.69) is 16.0 Å². The lowest BCUT2D eigenvalue weighted by molar-refractivity contribution is -0.140. The van der Waals surface area contributed by atoms with Crippen LogP contribution >= 0.6 is 0 Å². The van der Waals surface area contributed by atoms with Gasteiger partial charge in [-0.25, -0.2) is 0 Å². The summed E-state index contributed by atoms with van der Waals surface area (Å²) in [7, 11) is 0. The van der Waals surface area contributed by atoms with Crippen molar-refractivity contribution in [3.63, 3.8) is 0 Å². The molecule has 196 valence electrons. The van der Waals surface area contributed by atoms with Gasteiger partial charge in [-0.3, -0.25) is 19.5 Å². The maximum absolute atomic E-state index is 13.2. The minimum atomic E-state index is -0.720.